The molecule has 1 amide bonds. The first-order valence-corrected chi connectivity index (χ1v) is 7.62. The highest BCUT2D eigenvalue weighted by atomic mass is 35.5. The molecule has 0 aliphatic carbocycles. The van der Waals surface area contributed by atoms with Gasteiger partial charge in [0.1, 0.15) is 11.5 Å². The summed E-state index contributed by atoms with van der Waals surface area (Å²) in [6.45, 7) is 0. The van der Waals surface area contributed by atoms with Crippen LogP contribution in [0.3, 0.4) is 0 Å². The van der Waals surface area contributed by atoms with Crippen LogP contribution in [0.15, 0.2) is 36.4 Å². The lowest BCUT2D eigenvalue weighted by Gasteiger charge is -2.15. The largest absolute Gasteiger partial charge is 0.508 e. The SMILES string of the molecule is O=C(NNC(=S)Nc1cc(C(F)(F)F)ccc1Cl)c1cc(O)ccc1O. The van der Waals surface area contributed by atoms with Crippen LogP contribution in [0.25, 0.3) is 0 Å². The quantitative estimate of drug-likeness (QED) is 0.299. The van der Waals surface area contributed by atoms with Crippen LogP contribution in [0.5, 0.6) is 11.5 Å². The predicted octanol–water partition coefficient (Wildman–Crippen LogP) is 3.40. The van der Waals surface area contributed by atoms with Crippen LogP contribution in [0.4, 0.5) is 18.9 Å². The molecule has 26 heavy (non-hydrogen) atoms. The number of aromatic hydroxyl groups is 2. The van der Waals surface area contributed by atoms with Crippen molar-refractivity contribution in [3.8, 4) is 11.5 Å². The van der Waals surface area contributed by atoms with Gasteiger partial charge in [0.25, 0.3) is 5.91 Å². The third kappa shape index (κ3) is 4.90. The number of carbonyl (C=O) groups is 1. The summed E-state index contributed by atoms with van der Waals surface area (Å²) < 4.78 is 38.2. The number of carbonyl (C=O) groups excluding carboxylic acids is 1. The fraction of sp³-hybridized carbons (Fsp3) is 0.0667. The van der Waals surface area contributed by atoms with Crippen LogP contribution in [0, 0.1) is 0 Å². The number of rotatable bonds is 2. The van der Waals surface area contributed by atoms with Gasteiger partial charge in [-0.05, 0) is 48.6 Å². The Labute approximate surface area is 155 Å². The van der Waals surface area contributed by atoms with Gasteiger partial charge in [-0.3, -0.25) is 15.6 Å². The van der Waals surface area contributed by atoms with Gasteiger partial charge in [-0.1, -0.05) is 11.6 Å². The van der Waals surface area contributed by atoms with Gasteiger partial charge in [0.15, 0.2) is 5.11 Å². The zero-order valence-corrected chi connectivity index (χ0v) is 14.3. The van der Waals surface area contributed by atoms with Crippen LogP contribution < -0.4 is 16.2 Å². The van der Waals surface area contributed by atoms with E-state index in [4.69, 9.17) is 23.8 Å². The normalized spacial score (nSPS) is 10.9. The van der Waals surface area contributed by atoms with Gasteiger partial charge in [0.05, 0.1) is 21.8 Å². The molecule has 0 saturated heterocycles. The first-order chi connectivity index (χ1) is 12.1. The molecule has 0 aliphatic heterocycles. The number of anilines is 1. The number of benzene rings is 2. The maximum absolute atomic E-state index is 12.7. The van der Waals surface area contributed by atoms with Crippen LogP contribution >= 0.6 is 23.8 Å². The summed E-state index contributed by atoms with van der Waals surface area (Å²) in [4.78, 5) is 11.9. The molecule has 0 bridgehead atoms. The molecule has 2 aromatic carbocycles. The van der Waals surface area contributed by atoms with E-state index < -0.39 is 17.6 Å². The highest BCUT2D eigenvalue weighted by molar-refractivity contribution is 7.80. The smallest absolute Gasteiger partial charge is 0.416 e. The fourth-order valence-corrected chi connectivity index (χ4v) is 2.16. The van der Waals surface area contributed by atoms with Gasteiger partial charge in [-0.15, -0.1) is 0 Å². The number of nitrogens with one attached hydrogen (secondary N) is 3. The Morgan fingerprint density at radius 2 is 1.77 bits per heavy atom. The number of thiocarbonyl (C=S) groups is 1. The Morgan fingerprint density at radius 1 is 1.08 bits per heavy atom. The molecule has 2 rings (SSSR count). The van der Waals surface area contributed by atoms with Crippen molar-refractivity contribution in [3.63, 3.8) is 0 Å². The van der Waals surface area contributed by atoms with Gasteiger partial charge >= 0.3 is 6.18 Å². The highest BCUT2D eigenvalue weighted by Crippen LogP contribution is 2.33. The zero-order valence-electron chi connectivity index (χ0n) is 12.7. The molecule has 0 atom stereocenters. The molecule has 2 aromatic rings. The number of halogens is 4. The third-order valence-corrected chi connectivity index (χ3v) is 3.59. The summed E-state index contributed by atoms with van der Waals surface area (Å²) in [6.07, 6.45) is -4.56. The Balaban J connectivity index is 2.03. The van der Waals surface area contributed by atoms with Crippen molar-refractivity contribution in [1.82, 2.24) is 10.9 Å². The van der Waals surface area contributed by atoms with Crippen LogP contribution in [-0.4, -0.2) is 21.2 Å². The Bertz CT molecular complexity index is 862. The molecule has 0 fully saturated rings. The molecule has 138 valence electrons. The average Bonchev–Trinajstić information content (AvgIpc) is 2.55. The Morgan fingerprint density at radius 3 is 2.42 bits per heavy atom. The fourth-order valence-electron chi connectivity index (χ4n) is 1.84. The number of alkyl halides is 3. The molecule has 0 aromatic heterocycles. The van der Waals surface area contributed by atoms with Crippen molar-refractivity contribution >= 4 is 40.5 Å². The van der Waals surface area contributed by atoms with E-state index in [-0.39, 0.29) is 32.9 Å². The molecule has 0 saturated carbocycles. The predicted molar refractivity (Wildman–Crippen MR) is 93.0 cm³/mol. The number of hydrazine groups is 1. The lowest BCUT2D eigenvalue weighted by molar-refractivity contribution is -0.137. The minimum absolute atomic E-state index is 0.0147. The topological polar surface area (TPSA) is 93.6 Å². The minimum atomic E-state index is -4.56. The maximum Gasteiger partial charge on any atom is 0.416 e. The molecule has 0 spiro atoms. The zero-order chi connectivity index (χ0) is 19.5. The first-order valence-electron chi connectivity index (χ1n) is 6.84. The maximum atomic E-state index is 12.7. The van der Waals surface area contributed by atoms with E-state index in [0.717, 1.165) is 30.3 Å². The van der Waals surface area contributed by atoms with Crippen LogP contribution in [0.2, 0.25) is 5.02 Å². The van der Waals surface area contributed by atoms with Crippen molar-refractivity contribution < 1.29 is 28.2 Å². The van der Waals surface area contributed by atoms with Gasteiger partial charge in [-0.25, -0.2) is 0 Å². The van der Waals surface area contributed by atoms with Gasteiger partial charge < -0.3 is 15.5 Å². The minimum Gasteiger partial charge on any atom is -0.508 e. The molecule has 11 heteroatoms. The molecule has 0 aliphatic rings. The Kier molecular flexibility index (Phi) is 5.78. The summed E-state index contributed by atoms with van der Waals surface area (Å²) >= 11 is 10.7. The van der Waals surface area contributed by atoms with Gasteiger partial charge in [0.2, 0.25) is 0 Å². The monoisotopic (exact) mass is 405 g/mol. The van der Waals surface area contributed by atoms with Crippen LogP contribution in [0.1, 0.15) is 15.9 Å². The molecular formula is C15H11ClF3N3O3S. The van der Waals surface area contributed by atoms with E-state index in [9.17, 15) is 28.2 Å². The number of phenols is 2. The second-order valence-electron chi connectivity index (χ2n) is 4.93. The van der Waals surface area contributed by atoms with Crippen LogP contribution in [-0.2, 0) is 6.18 Å². The number of phenolic OH excluding ortho intramolecular Hbond substituents is 2. The van der Waals surface area contributed by atoms with E-state index >= 15 is 0 Å². The van der Waals surface area contributed by atoms with E-state index in [1.54, 1.807) is 0 Å². The standard InChI is InChI=1S/C15H11ClF3N3O3S/c16-10-3-1-7(15(17,18)19)5-11(10)20-14(26)22-21-13(25)9-6-8(23)2-4-12(9)24/h1-6,23-24H,(H,21,25)(H2,20,22,26). The summed E-state index contributed by atoms with van der Waals surface area (Å²) in [6, 6.07) is 5.95. The molecular weight excluding hydrogens is 395 g/mol. The third-order valence-electron chi connectivity index (χ3n) is 3.06. The van der Waals surface area contributed by atoms with Crippen molar-refractivity contribution in [2.45, 2.75) is 6.18 Å². The van der Waals surface area contributed by atoms with Crippen molar-refractivity contribution in [2.75, 3.05) is 5.32 Å². The average molecular weight is 406 g/mol. The lowest BCUT2D eigenvalue weighted by Crippen LogP contribution is -2.43. The van der Waals surface area contributed by atoms with Gasteiger partial charge in [-0.2, -0.15) is 13.2 Å². The molecule has 0 radical (unpaired) electrons. The van der Waals surface area contributed by atoms with E-state index in [1.807, 2.05) is 0 Å². The second kappa shape index (κ2) is 7.67. The molecule has 6 nitrogen and oxygen atoms in total. The van der Waals surface area contributed by atoms with Crippen molar-refractivity contribution in [2.24, 2.45) is 0 Å². The van der Waals surface area contributed by atoms with Crippen molar-refractivity contribution in [1.29, 1.82) is 0 Å². The van der Waals surface area contributed by atoms with Gasteiger partial charge in [0, 0.05) is 0 Å². The molecule has 0 unspecified atom stereocenters. The van der Waals surface area contributed by atoms with Crippen molar-refractivity contribution in [3.05, 3.63) is 52.5 Å². The number of amides is 1. The molecule has 0 heterocycles. The summed E-state index contributed by atoms with van der Waals surface area (Å²) in [5.41, 5.74) is 3.09. The number of hydrogen-bond donors (Lipinski definition) is 5. The first kappa shape index (κ1) is 19.6. The van der Waals surface area contributed by atoms with E-state index in [1.165, 1.54) is 6.07 Å². The number of hydrogen-bond acceptors (Lipinski definition) is 4. The summed E-state index contributed by atoms with van der Waals surface area (Å²) in [7, 11) is 0. The van der Waals surface area contributed by atoms with E-state index in [0.29, 0.717) is 0 Å². The lowest BCUT2D eigenvalue weighted by atomic mass is 10.2. The Hall–Kier alpha value is -2.72. The molecule has 5 N–H and O–H groups in total. The summed E-state index contributed by atoms with van der Waals surface area (Å²) in [5, 5.41) is 21.1. The summed E-state index contributed by atoms with van der Waals surface area (Å²) in [5.74, 6) is -1.47. The second-order valence-corrected chi connectivity index (χ2v) is 5.74. The van der Waals surface area contributed by atoms with E-state index in [2.05, 4.69) is 16.2 Å². The highest BCUT2D eigenvalue weighted by Gasteiger charge is 2.31.